The van der Waals surface area contributed by atoms with Crippen LogP contribution in [0.2, 0.25) is 0 Å². The van der Waals surface area contributed by atoms with Crippen LogP contribution < -0.4 is 23.8 Å². The van der Waals surface area contributed by atoms with Gasteiger partial charge in [0.2, 0.25) is 0 Å². The van der Waals surface area contributed by atoms with Gasteiger partial charge in [0.15, 0.2) is 11.5 Å². The lowest BCUT2D eigenvalue weighted by Gasteiger charge is -2.34. The maximum absolute atomic E-state index is 9.50. The Morgan fingerprint density at radius 1 is 0.417 bits per heavy atom. The van der Waals surface area contributed by atoms with Crippen molar-refractivity contribution in [3.05, 3.63) is 284 Å². The Kier molecular flexibility index (Phi) is 19.3. The fraction of sp³-hybridized carbons (Fsp3) is 0.244. The molecule has 10 aromatic rings. The number of hydrogen-bond donors (Lipinski definition) is 1. The Morgan fingerprint density at radius 3 is 1.45 bits per heavy atom. The molecule has 0 spiro atoms. The van der Waals surface area contributed by atoms with Gasteiger partial charge in [-0.25, -0.2) is 0 Å². The van der Waals surface area contributed by atoms with E-state index in [0.717, 1.165) is 107 Å². The van der Waals surface area contributed by atoms with Gasteiger partial charge in [-0.15, -0.1) is 6.42 Å². The van der Waals surface area contributed by atoms with Gasteiger partial charge in [-0.1, -0.05) is 184 Å². The molecule has 2 aliphatic carbocycles. The smallest absolute Gasteiger partial charge is 0.151 e. The van der Waals surface area contributed by atoms with Gasteiger partial charge in [0.1, 0.15) is 30.5 Å². The summed E-state index contributed by atoms with van der Waals surface area (Å²) in [7, 11) is 0. The highest BCUT2D eigenvalue weighted by Gasteiger charge is 2.47. The summed E-state index contributed by atoms with van der Waals surface area (Å²) >= 11 is 0. The fourth-order valence-electron chi connectivity index (χ4n) is 14.3. The van der Waals surface area contributed by atoms with Crippen molar-refractivity contribution >= 4 is 17.1 Å². The van der Waals surface area contributed by atoms with E-state index in [1.54, 1.807) is 0 Å². The maximum atomic E-state index is 9.50. The van der Waals surface area contributed by atoms with E-state index in [2.05, 4.69) is 263 Å². The van der Waals surface area contributed by atoms with Crippen LogP contribution in [0.1, 0.15) is 137 Å². The minimum atomic E-state index is -0.650. The van der Waals surface area contributed by atoms with Crippen LogP contribution in [0.25, 0.3) is 22.3 Å². The molecular weight excluding hydrogens is 1170 g/mol. The molecule has 6 heteroatoms. The average molecular weight is 1260 g/mol. The molecule has 96 heavy (non-hydrogen) atoms. The lowest BCUT2D eigenvalue weighted by Crippen LogP contribution is -2.29. The van der Waals surface area contributed by atoms with Gasteiger partial charge >= 0.3 is 0 Å². The molecule has 476 valence electrons. The summed E-state index contributed by atoms with van der Waals surface area (Å²) in [6.45, 7) is 12.5. The number of aryl methyl sites for hydroxylation is 7. The normalized spacial score (nSPS) is 14.9. The van der Waals surface area contributed by atoms with Crippen LogP contribution in [0.4, 0.5) is 17.1 Å². The molecule has 0 radical (unpaired) electrons. The molecule has 2 unspecified atom stereocenters. The Bertz CT molecular complexity index is 4730. The van der Waals surface area contributed by atoms with Crippen molar-refractivity contribution < 1.29 is 24.1 Å². The molecular formula is C90H81NO5. The zero-order valence-corrected chi connectivity index (χ0v) is 55.8. The summed E-state index contributed by atoms with van der Waals surface area (Å²) < 4.78 is 25.4. The number of aliphatic hydroxyl groups is 1. The first-order chi connectivity index (χ1) is 47.1. The second-order valence-corrected chi connectivity index (χ2v) is 25.9. The molecule has 1 heterocycles. The molecule has 0 bridgehead atoms. The molecule has 0 amide bonds. The van der Waals surface area contributed by atoms with Crippen LogP contribution in [0, 0.1) is 61.7 Å². The second kappa shape index (κ2) is 29.0. The Labute approximate surface area is 568 Å². The predicted molar refractivity (Wildman–Crippen MR) is 391 cm³/mol. The number of hydrogen-bond acceptors (Lipinski definition) is 6. The topological polar surface area (TPSA) is 60.4 Å². The third-order valence-electron chi connectivity index (χ3n) is 19.4. The number of terminal acetylenes is 1. The lowest BCUT2D eigenvalue weighted by atomic mass is 9.67. The number of anilines is 3. The molecule has 0 saturated heterocycles. The number of unbranched alkanes of at least 4 members (excludes halogenated alkanes) is 4. The summed E-state index contributed by atoms with van der Waals surface area (Å²) in [4.78, 5) is 2.34. The zero-order valence-electron chi connectivity index (χ0n) is 55.8. The SMILES string of the molecule is C#CC#CC#CC#CC1(C)c2cc(CCc3ccc4c(c3)Oc3cc(C)ccc3N4c3ccc(CCCC)cc3)ccc2-c2ccc(CCc3ccc4c(c3)C(c3ccc(OCCCCCC)cc3)(c3ccc(OCCOc5ccc(CO)cc5)cc3)c3cc(C)ccc3-4)cc21. The van der Waals surface area contributed by atoms with Crippen LogP contribution >= 0.6 is 0 Å². The highest BCUT2D eigenvalue weighted by Crippen LogP contribution is 2.58. The molecule has 0 saturated carbocycles. The van der Waals surface area contributed by atoms with Crippen molar-refractivity contribution in [1.82, 2.24) is 0 Å². The van der Waals surface area contributed by atoms with Crippen molar-refractivity contribution in [1.29, 1.82) is 0 Å². The summed E-state index contributed by atoms with van der Waals surface area (Å²) in [5.41, 5.74) is 23.5. The summed E-state index contributed by atoms with van der Waals surface area (Å²) in [6.07, 6.45) is 16.8. The molecule has 6 nitrogen and oxygen atoms in total. The monoisotopic (exact) mass is 1260 g/mol. The van der Waals surface area contributed by atoms with E-state index < -0.39 is 10.8 Å². The highest BCUT2D eigenvalue weighted by atomic mass is 16.5. The van der Waals surface area contributed by atoms with Crippen LogP contribution in [-0.4, -0.2) is 24.9 Å². The zero-order chi connectivity index (χ0) is 66.0. The Balaban J connectivity index is 0.780. The van der Waals surface area contributed by atoms with E-state index in [0.29, 0.717) is 19.8 Å². The minimum absolute atomic E-state index is 0.00375. The van der Waals surface area contributed by atoms with E-state index in [1.165, 1.54) is 109 Å². The van der Waals surface area contributed by atoms with Crippen LogP contribution in [-0.2, 0) is 49.5 Å². The standard InChI is InChI=1S/C90H81NO5/c1-7-10-13-15-16-17-52-89(6)81-58-66(30-47-77(81)78-48-31-67(59-82(78)89)24-25-69-33-51-86-88(61-69)96-87-57-64(5)21-50-85(87)91(86)73-38-26-65(27-39-73)19-12-9-3)22-23-68-32-49-80-79-46-20-63(4)56-83(79)90(84(80)60-68,71-34-42-75(43-35-71)93-53-18-14-11-8-2)72-36-44-76(45-37-72)95-55-54-94-74-40-28-70(62-92)29-41-74/h1,20-21,26-51,56-61,92H,8-9,11-12,14,18-19,22-25,53-55,62H2,2-6H3. The molecule has 0 aromatic heterocycles. The van der Waals surface area contributed by atoms with Gasteiger partial charge in [0, 0.05) is 5.69 Å². The number of aliphatic hydroxyl groups excluding tert-OH is 1. The van der Waals surface area contributed by atoms with Crippen molar-refractivity contribution in [3.63, 3.8) is 0 Å². The first-order valence-electron chi connectivity index (χ1n) is 34.2. The van der Waals surface area contributed by atoms with Gasteiger partial charge in [-0.05, 0) is 269 Å². The van der Waals surface area contributed by atoms with Crippen LogP contribution in [0.15, 0.2) is 206 Å². The largest absolute Gasteiger partial charge is 0.494 e. The molecule has 0 fully saturated rings. The number of ether oxygens (including phenoxy) is 4. The summed E-state index contributed by atoms with van der Waals surface area (Å²) in [6, 6.07) is 75.3. The van der Waals surface area contributed by atoms with E-state index in [1.807, 2.05) is 24.3 Å². The van der Waals surface area contributed by atoms with E-state index >= 15 is 0 Å². The van der Waals surface area contributed by atoms with Gasteiger partial charge in [0.05, 0.1) is 35.4 Å². The van der Waals surface area contributed by atoms with Gasteiger partial charge < -0.3 is 29.0 Å². The summed E-state index contributed by atoms with van der Waals surface area (Å²) in [5, 5.41) is 9.50. The minimum Gasteiger partial charge on any atom is -0.494 e. The van der Waals surface area contributed by atoms with E-state index in [-0.39, 0.29) is 6.61 Å². The predicted octanol–water partition coefficient (Wildman–Crippen LogP) is 20.0. The Hall–Kier alpha value is -10.6. The molecule has 2 atom stereocenters. The van der Waals surface area contributed by atoms with Crippen LogP contribution in [0.5, 0.6) is 28.7 Å². The fourth-order valence-corrected chi connectivity index (χ4v) is 14.3. The van der Waals surface area contributed by atoms with E-state index in [4.69, 9.17) is 25.4 Å². The summed E-state index contributed by atoms with van der Waals surface area (Å²) in [5.74, 6) is 24.5. The van der Waals surface area contributed by atoms with Crippen molar-refractivity contribution in [2.24, 2.45) is 0 Å². The van der Waals surface area contributed by atoms with Crippen molar-refractivity contribution in [2.45, 2.75) is 123 Å². The molecule has 13 rings (SSSR count). The third-order valence-corrected chi connectivity index (χ3v) is 19.4. The number of nitrogens with zero attached hydrogens (tertiary/aromatic N) is 1. The second-order valence-electron chi connectivity index (χ2n) is 25.9. The van der Waals surface area contributed by atoms with Crippen molar-refractivity contribution in [2.75, 3.05) is 24.7 Å². The maximum Gasteiger partial charge on any atom is 0.151 e. The average Bonchev–Trinajstić information content (AvgIpc) is 1.35. The van der Waals surface area contributed by atoms with Crippen molar-refractivity contribution in [3.8, 4) is 98.9 Å². The number of fused-ring (bicyclic) bond motifs is 8. The first-order valence-corrected chi connectivity index (χ1v) is 34.2. The number of benzene rings is 10. The number of rotatable bonds is 24. The molecule has 1 N–H and O–H groups in total. The molecule has 10 aromatic carbocycles. The molecule has 1 aliphatic heterocycles. The molecule has 3 aliphatic rings. The van der Waals surface area contributed by atoms with Crippen LogP contribution in [0.3, 0.4) is 0 Å². The van der Waals surface area contributed by atoms with E-state index in [9.17, 15) is 5.11 Å². The first kappa shape index (κ1) is 64.1. The van der Waals surface area contributed by atoms with Gasteiger partial charge in [-0.2, -0.15) is 0 Å². The lowest BCUT2D eigenvalue weighted by molar-refractivity contribution is 0.217. The third kappa shape index (κ3) is 13.3. The Morgan fingerprint density at radius 2 is 0.865 bits per heavy atom. The quantitative estimate of drug-likeness (QED) is 0.0481. The highest BCUT2D eigenvalue weighted by molar-refractivity contribution is 5.89. The van der Waals surface area contributed by atoms with Gasteiger partial charge in [0.25, 0.3) is 0 Å². The van der Waals surface area contributed by atoms with Gasteiger partial charge in [-0.3, -0.25) is 0 Å².